The Bertz CT molecular complexity index is 419. The summed E-state index contributed by atoms with van der Waals surface area (Å²) in [6, 6.07) is 6.36. The summed E-state index contributed by atoms with van der Waals surface area (Å²) in [6.07, 6.45) is 6.48. The van der Waals surface area contributed by atoms with Gasteiger partial charge in [0, 0.05) is 0 Å². The number of aliphatic hydroxyl groups is 1. The van der Waals surface area contributed by atoms with Crippen LogP contribution in [0.15, 0.2) is 24.3 Å². The minimum absolute atomic E-state index is 0.103. The third kappa shape index (κ3) is 2.30. The van der Waals surface area contributed by atoms with Gasteiger partial charge in [-0.2, -0.15) is 0 Å². The molecule has 0 bridgehead atoms. The Balaban J connectivity index is 1.88. The second kappa shape index (κ2) is 5.22. The van der Waals surface area contributed by atoms with Crippen molar-refractivity contribution >= 4 is 0 Å². The normalized spacial score (nSPS) is 24.7. The minimum Gasteiger partial charge on any atom is -0.386 e. The topological polar surface area (TPSA) is 23.5 Å². The number of likely N-dealkylation sites (tertiary alicyclic amines) is 1. The first-order valence-electron chi connectivity index (χ1n) is 7.41. The molecule has 1 aliphatic carbocycles. The van der Waals surface area contributed by atoms with Crippen LogP contribution in [0.25, 0.3) is 0 Å². The minimum atomic E-state index is -0.492. The fraction of sp³-hybridized carbons (Fsp3) is 0.625. The van der Waals surface area contributed by atoms with E-state index in [-0.39, 0.29) is 11.4 Å². The Morgan fingerprint density at radius 3 is 2.16 bits per heavy atom. The Morgan fingerprint density at radius 1 is 1.00 bits per heavy atom. The summed E-state index contributed by atoms with van der Waals surface area (Å²) >= 11 is 0. The summed E-state index contributed by atoms with van der Waals surface area (Å²) in [7, 11) is 0. The van der Waals surface area contributed by atoms with Gasteiger partial charge in [-0.15, -0.1) is 0 Å². The fourth-order valence-electron chi connectivity index (χ4n) is 3.87. The lowest BCUT2D eigenvalue weighted by atomic mass is 9.84. The van der Waals surface area contributed by atoms with Crippen LogP contribution in [0.2, 0.25) is 0 Å². The maximum Gasteiger partial charge on any atom is 0.123 e. The number of rotatable bonds is 3. The number of hydrogen-bond acceptors (Lipinski definition) is 2. The van der Waals surface area contributed by atoms with Crippen LogP contribution in [-0.2, 0) is 0 Å². The van der Waals surface area contributed by atoms with E-state index in [4.69, 9.17) is 0 Å². The molecule has 2 nitrogen and oxygen atoms in total. The zero-order valence-electron chi connectivity index (χ0n) is 11.3. The molecule has 19 heavy (non-hydrogen) atoms. The van der Waals surface area contributed by atoms with Gasteiger partial charge in [0.05, 0.1) is 11.6 Å². The van der Waals surface area contributed by atoms with Crippen LogP contribution in [0.3, 0.4) is 0 Å². The van der Waals surface area contributed by atoms with Crippen LogP contribution < -0.4 is 0 Å². The summed E-state index contributed by atoms with van der Waals surface area (Å²) in [4.78, 5) is 2.48. The molecular formula is C16H22FNO. The molecule has 0 aromatic heterocycles. The van der Waals surface area contributed by atoms with Gasteiger partial charge >= 0.3 is 0 Å². The molecule has 3 heteroatoms. The molecule has 1 atom stereocenters. The fourth-order valence-corrected chi connectivity index (χ4v) is 3.87. The van der Waals surface area contributed by atoms with E-state index >= 15 is 0 Å². The Hall–Kier alpha value is -0.930. The van der Waals surface area contributed by atoms with Gasteiger partial charge in [-0.05, 0) is 56.5 Å². The molecule has 1 saturated heterocycles. The highest BCUT2D eigenvalue weighted by Crippen LogP contribution is 2.45. The second-order valence-corrected chi connectivity index (χ2v) is 5.96. The van der Waals surface area contributed by atoms with Crippen LogP contribution in [-0.4, -0.2) is 28.6 Å². The average molecular weight is 263 g/mol. The number of hydrogen-bond donors (Lipinski definition) is 1. The molecule has 2 aliphatic rings. The number of halogens is 1. The molecule has 1 aliphatic heterocycles. The molecule has 1 N–H and O–H groups in total. The lowest BCUT2D eigenvalue weighted by molar-refractivity contribution is -0.0196. The van der Waals surface area contributed by atoms with Gasteiger partial charge in [0.25, 0.3) is 0 Å². The summed E-state index contributed by atoms with van der Waals surface area (Å²) in [5, 5.41) is 10.9. The zero-order chi connectivity index (χ0) is 13.3. The Morgan fingerprint density at radius 2 is 1.58 bits per heavy atom. The van der Waals surface area contributed by atoms with Gasteiger partial charge in [-0.1, -0.05) is 25.0 Å². The van der Waals surface area contributed by atoms with E-state index in [0.717, 1.165) is 31.5 Å². The maximum atomic E-state index is 13.0. The van der Waals surface area contributed by atoms with Crippen molar-refractivity contribution in [3.05, 3.63) is 35.6 Å². The highest BCUT2D eigenvalue weighted by Gasteiger charge is 2.46. The van der Waals surface area contributed by atoms with E-state index in [0.29, 0.717) is 0 Å². The molecule has 0 spiro atoms. The molecular weight excluding hydrogens is 241 g/mol. The standard InChI is InChI=1S/C16H22FNO/c17-14-7-5-13(6-8-14)15(19)16(9-1-2-10-16)18-11-3-4-12-18/h5-8,15,19H,1-4,9-12H2. The maximum absolute atomic E-state index is 13.0. The Kier molecular flexibility index (Phi) is 3.59. The molecule has 1 aromatic carbocycles. The smallest absolute Gasteiger partial charge is 0.123 e. The average Bonchev–Trinajstić information content (AvgIpc) is 3.10. The molecule has 1 heterocycles. The van der Waals surface area contributed by atoms with Gasteiger partial charge < -0.3 is 5.11 Å². The second-order valence-electron chi connectivity index (χ2n) is 5.96. The predicted molar refractivity (Wildman–Crippen MR) is 73.4 cm³/mol. The largest absolute Gasteiger partial charge is 0.386 e. The highest BCUT2D eigenvalue weighted by molar-refractivity contribution is 5.23. The molecule has 1 unspecified atom stereocenters. The van der Waals surface area contributed by atoms with Crippen molar-refractivity contribution in [3.8, 4) is 0 Å². The van der Waals surface area contributed by atoms with E-state index in [9.17, 15) is 9.50 Å². The van der Waals surface area contributed by atoms with Crippen molar-refractivity contribution in [1.82, 2.24) is 4.90 Å². The monoisotopic (exact) mass is 263 g/mol. The van der Waals surface area contributed by atoms with Crippen LogP contribution >= 0.6 is 0 Å². The van der Waals surface area contributed by atoms with Crippen molar-refractivity contribution in [3.63, 3.8) is 0 Å². The lowest BCUT2D eigenvalue weighted by Gasteiger charge is -2.42. The molecule has 1 saturated carbocycles. The van der Waals surface area contributed by atoms with Crippen LogP contribution in [0, 0.1) is 5.82 Å². The van der Waals surface area contributed by atoms with Crippen molar-refractivity contribution in [1.29, 1.82) is 0 Å². The van der Waals surface area contributed by atoms with E-state index in [2.05, 4.69) is 4.90 Å². The number of benzene rings is 1. The van der Waals surface area contributed by atoms with Gasteiger partial charge in [0.1, 0.15) is 5.82 Å². The van der Waals surface area contributed by atoms with Gasteiger partial charge in [0.2, 0.25) is 0 Å². The Labute approximate surface area is 114 Å². The SMILES string of the molecule is OC(c1ccc(F)cc1)C1(N2CCCC2)CCCC1. The summed E-state index contributed by atoms with van der Waals surface area (Å²) in [6.45, 7) is 2.19. The zero-order valence-corrected chi connectivity index (χ0v) is 11.3. The highest BCUT2D eigenvalue weighted by atomic mass is 19.1. The summed E-state index contributed by atoms with van der Waals surface area (Å²) in [5.41, 5.74) is 0.754. The summed E-state index contributed by atoms with van der Waals surface area (Å²) in [5.74, 6) is -0.238. The van der Waals surface area contributed by atoms with Crippen molar-refractivity contribution < 1.29 is 9.50 Å². The first-order valence-corrected chi connectivity index (χ1v) is 7.41. The van der Waals surface area contributed by atoms with Crippen molar-refractivity contribution in [2.75, 3.05) is 13.1 Å². The van der Waals surface area contributed by atoms with Crippen molar-refractivity contribution in [2.45, 2.75) is 50.2 Å². The third-order valence-corrected chi connectivity index (χ3v) is 4.90. The third-order valence-electron chi connectivity index (χ3n) is 4.90. The molecule has 2 fully saturated rings. The molecule has 0 radical (unpaired) electrons. The predicted octanol–water partition coefficient (Wildman–Crippen LogP) is 3.27. The molecule has 3 rings (SSSR count). The first-order chi connectivity index (χ1) is 9.22. The van der Waals surface area contributed by atoms with Crippen LogP contribution in [0.4, 0.5) is 4.39 Å². The number of aliphatic hydroxyl groups excluding tert-OH is 1. The van der Waals surface area contributed by atoms with Gasteiger partial charge in [0.15, 0.2) is 0 Å². The first kappa shape index (κ1) is 13.1. The summed E-state index contributed by atoms with van der Waals surface area (Å²) < 4.78 is 13.0. The van der Waals surface area contributed by atoms with E-state index < -0.39 is 6.10 Å². The molecule has 104 valence electrons. The van der Waals surface area contributed by atoms with Crippen LogP contribution in [0.1, 0.15) is 50.2 Å². The van der Waals surface area contributed by atoms with E-state index in [1.54, 1.807) is 12.1 Å². The van der Waals surface area contributed by atoms with Crippen LogP contribution in [0.5, 0.6) is 0 Å². The number of nitrogens with zero attached hydrogens (tertiary/aromatic N) is 1. The van der Waals surface area contributed by atoms with E-state index in [1.165, 1.54) is 37.8 Å². The van der Waals surface area contributed by atoms with Crippen molar-refractivity contribution in [2.24, 2.45) is 0 Å². The van der Waals surface area contributed by atoms with Gasteiger partial charge in [-0.25, -0.2) is 4.39 Å². The van der Waals surface area contributed by atoms with E-state index in [1.807, 2.05) is 0 Å². The molecule has 0 amide bonds. The van der Waals surface area contributed by atoms with Gasteiger partial charge in [-0.3, -0.25) is 4.90 Å². The lowest BCUT2D eigenvalue weighted by Crippen LogP contribution is -2.49. The molecule has 1 aromatic rings. The quantitative estimate of drug-likeness (QED) is 0.904.